The van der Waals surface area contributed by atoms with Gasteiger partial charge in [-0.25, -0.2) is 0 Å². The summed E-state index contributed by atoms with van der Waals surface area (Å²) in [6, 6.07) is 12.6. The van der Waals surface area contributed by atoms with Crippen LogP contribution in [0, 0.1) is 0 Å². The van der Waals surface area contributed by atoms with Crippen molar-refractivity contribution in [2.45, 2.75) is 4.90 Å². The molecule has 23 heavy (non-hydrogen) atoms. The summed E-state index contributed by atoms with van der Waals surface area (Å²) in [5.41, 5.74) is 1.66. The fourth-order valence-electron chi connectivity index (χ4n) is 2.15. The van der Waals surface area contributed by atoms with Gasteiger partial charge in [0.05, 0.1) is 36.5 Å². The van der Waals surface area contributed by atoms with E-state index in [0.717, 1.165) is 33.0 Å². The molecule has 0 aliphatic carbocycles. The number of rotatable bonds is 5. The molecule has 3 aromatic rings. The van der Waals surface area contributed by atoms with Crippen LogP contribution in [0.4, 0.5) is 5.69 Å². The molecule has 0 bridgehead atoms. The number of benzene rings is 2. The summed E-state index contributed by atoms with van der Waals surface area (Å²) < 4.78 is 13.8. The first kappa shape index (κ1) is 15.3. The Labute approximate surface area is 138 Å². The van der Waals surface area contributed by atoms with Crippen molar-refractivity contribution in [1.29, 1.82) is 0 Å². The number of hydrogen-bond acceptors (Lipinski definition) is 6. The molecule has 0 radical (unpaired) electrons. The van der Waals surface area contributed by atoms with Crippen LogP contribution < -0.4 is 14.2 Å². The van der Waals surface area contributed by atoms with Gasteiger partial charge in [0.15, 0.2) is 0 Å². The molecule has 0 atom stereocenters. The summed E-state index contributed by atoms with van der Waals surface area (Å²) in [4.78, 5) is 5.27. The zero-order chi connectivity index (χ0) is 16.2. The Kier molecular flexibility index (Phi) is 4.43. The van der Waals surface area contributed by atoms with Gasteiger partial charge in [0, 0.05) is 5.39 Å². The predicted octanol–water partition coefficient (Wildman–Crippen LogP) is 4.08. The Morgan fingerprint density at radius 2 is 1.91 bits per heavy atom. The number of nitrogens with zero attached hydrogens (tertiary/aromatic N) is 1. The minimum Gasteiger partial charge on any atom is -0.508 e. The van der Waals surface area contributed by atoms with Crippen LogP contribution in [0.1, 0.15) is 0 Å². The molecule has 2 N–H and O–H groups in total. The zero-order valence-corrected chi connectivity index (χ0v) is 13.6. The SMILES string of the molecule is COc1ccc(OC)c(SNc2cnc3ccc(O)cc3c2)c1. The standard InChI is InChI=1S/C17H16N2O3S/c1-21-14-4-6-16(22-2)17(9-14)23-19-12-7-11-8-13(20)3-5-15(11)18-10-12/h3-10,19-20H,1-2H3. The van der Waals surface area contributed by atoms with Gasteiger partial charge in [-0.05, 0) is 54.4 Å². The molecule has 0 aliphatic rings. The number of ether oxygens (including phenoxy) is 2. The van der Waals surface area contributed by atoms with Crippen molar-refractivity contribution in [3.63, 3.8) is 0 Å². The third-order valence-corrected chi connectivity index (χ3v) is 4.19. The third kappa shape index (κ3) is 3.43. The maximum atomic E-state index is 9.57. The van der Waals surface area contributed by atoms with Crippen molar-refractivity contribution >= 4 is 28.5 Å². The van der Waals surface area contributed by atoms with Crippen LogP contribution in [0.3, 0.4) is 0 Å². The van der Waals surface area contributed by atoms with Crippen molar-refractivity contribution < 1.29 is 14.6 Å². The number of methoxy groups -OCH3 is 2. The molecule has 0 unspecified atom stereocenters. The van der Waals surface area contributed by atoms with E-state index in [-0.39, 0.29) is 5.75 Å². The molecule has 1 heterocycles. The molecule has 118 valence electrons. The molecule has 0 fully saturated rings. The minimum atomic E-state index is 0.221. The molecule has 6 heteroatoms. The highest BCUT2D eigenvalue weighted by Gasteiger charge is 2.07. The highest BCUT2D eigenvalue weighted by molar-refractivity contribution is 8.00. The van der Waals surface area contributed by atoms with Gasteiger partial charge < -0.3 is 19.3 Å². The van der Waals surface area contributed by atoms with E-state index in [4.69, 9.17) is 9.47 Å². The summed E-state index contributed by atoms with van der Waals surface area (Å²) in [5, 5.41) is 10.4. The molecule has 5 nitrogen and oxygen atoms in total. The van der Waals surface area contributed by atoms with Gasteiger partial charge in [0.2, 0.25) is 0 Å². The minimum absolute atomic E-state index is 0.221. The predicted molar refractivity (Wildman–Crippen MR) is 92.4 cm³/mol. The summed E-state index contributed by atoms with van der Waals surface area (Å²) in [5.74, 6) is 1.74. The van der Waals surface area contributed by atoms with Crippen LogP contribution in [0.15, 0.2) is 53.6 Å². The maximum absolute atomic E-state index is 9.57. The van der Waals surface area contributed by atoms with Gasteiger partial charge in [0.1, 0.15) is 17.2 Å². The van der Waals surface area contributed by atoms with Crippen molar-refractivity contribution in [2.75, 3.05) is 18.9 Å². The van der Waals surface area contributed by atoms with Crippen LogP contribution in [0.2, 0.25) is 0 Å². The molecule has 0 saturated carbocycles. The summed E-state index contributed by atoms with van der Waals surface area (Å²) in [7, 11) is 3.26. The van der Waals surface area contributed by atoms with Gasteiger partial charge in [-0.3, -0.25) is 4.98 Å². The number of aromatic hydroxyl groups is 1. The Morgan fingerprint density at radius 3 is 2.70 bits per heavy atom. The van der Waals surface area contributed by atoms with Gasteiger partial charge in [-0.15, -0.1) is 0 Å². The first-order chi connectivity index (χ1) is 11.2. The van der Waals surface area contributed by atoms with E-state index >= 15 is 0 Å². The summed E-state index contributed by atoms with van der Waals surface area (Å²) in [6.07, 6.45) is 1.75. The number of pyridine rings is 1. The van der Waals surface area contributed by atoms with Gasteiger partial charge >= 0.3 is 0 Å². The van der Waals surface area contributed by atoms with Crippen molar-refractivity contribution in [3.8, 4) is 17.2 Å². The lowest BCUT2D eigenvalue weighted by Gasteiger charge is -2.11. The number of phenols is 1. The fraction of sp³-hybridized carbons (Fsp3) is 0.118. The van der Waals surface area contributed by atoms with E-state index in [2.05, 4.69) is 9.71 Å². The summed E-state index contributed by atoms with van der Waals surface area (Å²) >= 11 is 1.41. The van der Waals surface area contributed by atoms with E-state index < -0.39 is 0 Å². The number of phenolic OH excluding ortho intramolecular Hbond substituents is 1. The number of aromatic nitrogens is 1. The smallest absolute Gasteiger partial charge is 0.134 e. The first-order valence-corrected chi connectivity index (χ1v) is 7.75. The van der Waals surface area contributed by atoms with Crippen LogP contribution in [0.25, 0.3) is 10.9 Å². The number of anilines is 1. The van der Waals surface area contributed by atoms with E-state index in [9.17, 15) is 5.11 Å². The molecule has 1 aromatic heterocycles. The van der Waals surface area contributed by atoms with Crippen LogP contribution >= 0.6 is 11.9 Å². The molecule has 2 aromatic carbocycles. The van der Waals surface area contributed by atoms with E-state index in [1.54, 1.807) is 38.6 Å². The van der Waals surface area contributed by atoms with Crippen LogP contribution in [0.5, 0.6) is 17.2 Å². The highest BCUT2D eigenvalue weighted by Crippen LogP contribution is 2.33. The lowest BCUT2D eigenvalue weighted by atomic mass is 10.2. The molecule has 0 saturated heterocycles. The van der Waals surface area contributed by atoms with E-state index in [1.165, 1.54) is 11.9 Å². The second-order valence-electron chi connectivity index (χ2n) is 4.82. The van der Waals surface area contributed by atoms with Crippen LogP contribution in [-0.4, -0.2) is 24.3 Å². The normalized spacial score (nSPS) is 10.5. The zero-order valence-electron chi connectivity index (χ0n) is 12.7. The van der Waals surface area contributed by atoms with Crippen molar-refractivity contribution in [2.24, 2.45) is 0 Å². The van der Waals surface area contributed by atoms with Gasteiger partial charge in [-0.1, -0.05) is 0 Å². The largest absolute Gasteiger partial charge is 0.508 e. The highest BCUT2D eigenvalue weighted by atomic mass is 32.2. The number of fused-ring (bicyclic) bond motifs is 1. The lowest BCUT2D eigenvalue weighted by molar-refractivity contribution is 0.394. The van der Waals surface area contributed by atoms with E-state index in [1.807, 2.05) is 24.3 Å². The monoisotopic (exact) mass is 328 g/mol. The molecule has 0 aliphatic heterocycles. The average molecular weight is 328 g/mol. The van der Waals surface area contributed by atoms with Crippen LogP contribution in [-0.2, 0) is 0 Å². The van der Waals surface area contributed by atoms with Crippen molar-refractivity contribution in [3.05, 3.63) is 48.7 Å². The van der Waals surface area contributed by atoms with E-state index in [0.29, 0.717) is 0 Å². The fourth-order valence-corrected chi connectivity index (χ4v) is 2.92. The molecular weight excluding hydrogens is 312 g/mol. The summed E-state index contributed by atoms with van der Waals surface area (Å²) in [6.45, 7) is 0. The first-order valence-electron chi connectivity index (χ1n) is 6.93. The quantitative estimate of drug-likeness (QED) is 0.688. The topological polar surface area (TPSA) is 63.6 Å². The maximum Gasteiger partial charge on any atom is 0.134 e. The third-order valence-electron chi connectivity index (χ3n) is 3.31. The van der Waals surface area contributed by atoms with Gasteiger partial charge in [0.25, 0.3) is 0 Å². The lowest BCUT2D eigenvalue weighted by Crippen LogP contribution is -1.93. The Balaban J connectivity index is 1.82. The van der Waals surface area contributed by atoms with Crippen molar-refractivity contribution in [1.82, 2.24) is 4.98 Å². The Hall–Kier alpha value is -2.60. The molecular formula is C17H16N2O3S. The Morgan fingerprint density at radius 1 is 1.04 bits per heavy atom. The molecule has 0 spiro atoms. The number of nitrogens with one attached hydrogen (secondary N) is 1. The van der Waals surface area contributed by atoms with Gasteiger partial charge in [-0.2, -0.15) is 0 Å². The second-order valence-corrected chi connectivity index (χ2v) is 5.67. The number of hydrogen-bond donors (Lipinski definition) is 2. The average Bonchev–Trinajstić information content (AvgIpc) is 2.59. The Bertz CT molecular complexity index is 839. The molecule has 3 rings (SSSR count). The second kappa shape index (κ2) is 6.66. The molecule has 0 amide bonds.